The van der Waals surface area contributed by atoms with Gasteiger partial charge in [-0.3, -0.25) is 4.57 Å². The van der Waals surface area contributed by atoms with Gasteiger partial charge in [-0.15, -0.1) is 0 Å². The van der Waals surface area contributed by atoms with Gasteiger partial charge in [0.1, 0.15) is 0 Å². The van der Waals surface area contributed by atoms with Gasteiger partial charge in [-0.2, -0.15) is 0 Å². The minimum atomic E-state index is -1.75. The van der Waals surface area contributed by atoms with Crippen LogP contribution in [-0.2, 0) is 9.13 Å². The molecule has 0 bridgehead atoms. The van der Waals surface area contributed by atoms with Crippen LogP contribution < -0.4 is 34.5 Å². The Bertz CT molecular complexity index is 30.7. The van der Waals surface area contributed by atoms with Crippen LogP contribution in [0, 0.1) is 0 Å². The van der Waals surface area contributed by atoms with Gasteiger partial charge in [0.05, 0.1) is 0 Å². The van der Waals surface area contributed by atoms with Gasteiger partial charge < -0.3 is 14.4 Å². The molecule has 4 nitrogen and oxygen atoms in total. The van der Waals surface area contributed by atoms with Crippen molar-refractivity contribution in [3.63, 3.8) is 0 Å². The van der Waals surface area contributed by atoms with Crippen molar-refractivity contribution in [2.45, 2.75) is 0 Å². The zero-order chi connectivity index (χ0) is 5.41. The van der Waals surface area contributed by atoms with Crippen molar-refractivity contribution in [2.24, 2.45) is 0 Å². The number of rotatable bonds is 0. The molecule has 0 amide bonds. The Kier molecular flexibility index (Phi) is 59.2. The van der Waals surface area contributed by atoms with Crippen molar-refractivity contribution in [3.05, 3.63) is 0 Å². The standard InChI is InChI=1S/Na.2H3O2P/c;2*1-3-2/h;2*3H2,(H,1,2)/q+1;;/p-1. The van der Waals surface area contributed by atoms with Crippen LogP contribution in [0.4, 0.5) is 0 Å². The third kappa shape index (κ3) is 112. The molecule has 2 atom stereocenters. The van der Waals surface area contributed by atoms with E-state index in [9.17, 15) is 0 Å². The summed E-state index contributed by atoms with van der Waals surface area (Å²) >= 11 is 0. The smallest absolute Gasteiger partial charge is 0.804 e. The maximum atomic E-state index is 8.57. The van der Waals surface area contributed by atoms with Gasteiger partial charge >= 0.3 is 29.6 Å². The van der Waals surface area contributed by atoms with E-state index in [1.807, 2.05) is 0 Å². The fourth-order valence-electron chi connectivity index (χ4n) is 0. The summed E-state index contributed by atoms with van der Waals surface area (Å²) in [6.45, 7) is 0. The molecule has 0 radical (unpaired) electrons. The first-order valence-corrected chi connectivity index (χ1v) is 2.90. The molecule has 0 aliphatic heterocycles. The Morgan fingerprint density at radius 2 is 1.43 bits per heavy atom. The molecule has 40 valence electrons. The van der Waals surface area contributed by atoms with Gasteiger partial charge in [-0.05, 0) is 8.69 Å². The monoisotopic (exact) mass is 154 g/mol. The van der Waals surface area contributed by atoms with E-state index in [1.165, 1.54) is 0 Å². The Balaban J connectivity index is -0.0000000400. The molecule has 0 aromatic rings. The van der Waals surface area contributed by atoms with Crippen molar-refractivity contribution in [1.82, 2.24) is 0 Å². The zero-order valence-electron chi connectivity index (χ0n) is 3.83. The van der Waals surface area contributed by atoms with Gasteiger partial charge in [-0.1, -0.05) is 0 Å². The summed E-state index contributed by atoms with van der Waals surface area (Å²) < 4.78 is 17.0. The molecular weight excluding hydrogens is 149 g/mol. The largest absolute Gasteiger partial charge is 1.00 e. The van der Waals surface area contributed by atoms with Crippen LogP contribution in [-0.4, -0.2) is 4.89 Å². The molecule has 1 N–H and O–H groups in total. The predicted octanol–water partition coefficient (Wildman–Crippen LogP) is -4.33. The van der Waals surface area contributed by atoms with Gasteiger partial charge in [0, 0.05) is 0 Å². The first-order chi connectivity index (χ1) is 2.83. The SMILES string of the molecule is O=[PH2]O.O=[PH2][O-].[Na+]. The average molecular weight is 154 g/mol. The van der Waals surface area contributed by atoms with E-state index in [0.29, 0.717) is 0 Å². The first-order valence-electron chi connectivity index (χ1n) is 0.965. The second-order valence-corrected chi connectivity index (χ2v) is 0.605. The molecule has 7 heteroatoms. The molecule has 0 spiro atoms. The molecule has 0 fully saturated rings. The van der Waals surface area contributed by atoms with Crippen molar-refractivity contribution >= 4 is 17.4 Å². The fraction of sp³-hybridized carbons (Fsp3) is 0. The van der Waals surface area contributed by atoms with Crippen LogP contribution in [0.25, 0.3) is 0 Å². The summed E-state index contributed by atoms with van der Waals surface area (Å²) in [7, 11) is -3.25. The third-order valence-corrected chi connectivity index (χ3v) is 0. The summed E-state index contributed by atoms with van der Waals surface area (Å²) in [6, 6.07) is 0. The third-order valence-electron chi connectivity index (χ3n) is 0. The van der Waals surface area contributed by atoms with E-state index in [1.54, 1.807) is 0 Å². The molecule has 0 rings (SSSR count). The summed E-state index contributed by atoms with van der Waals surface area (Å²) in [5.41, 5.74) is 0. The van der Waals surface area contributed by atoms with E-state index in [-0.39, 0.29) is 29.6 Å². The van der Waals surface area contributed by atoms with Crippen LogP contribution in [0.1, 0.15) is 0 Å². The van der Waals surface area contributed by atoms with Crippen molar-refractivity contribution < 1.29 is 48.5 Å². The zero-order valence-corrected chi connectivity index (χ0v) is 8.14. The van der Waals surface area contributed by atoms with Gasteiger partial charge in [0.25, 0.3) is 0 Å². The summed E-state index contributed by atoms with van der Waals surface area (Å²) in [4.78, 5) is 15.6. The van der Waals surface area contributed by atoms with E-state index in [4.69, 9.17) is 18.9 Å². The van der Waals surface area contributed by atoms with Gasteiger partial charge in [0.15, 0.2) is 8.69 Å². The molecule has 0 aliphatic rings. The molecule has 0 aliphatic carbocycles. The average Bonchev–Trinajstić information content (AvgIpc) is 1.39. The summed E-state index contributed by atoms with van der Waals surface area (Å²) in [6.07, 6.45) is 0. The maximum absolute atomic E-state index is 8.57. The Hall–Kier alpha value is 1.38. The van der Waals surface area contributed by atoms with Crippen LogP contribution in [0.5, 0.6) is 0 Å². The van der Waals surface area contributed by atoms with E-state index < -0.39 is 17.4 Å². The van der Waals surface area contributed by atoms with Gasteiger partial charge in [0.2, 0.25) is 0 Å². The van der Waals surface area contributed by atoms with Crippen molar-refractivity contribution in [1.29, 1.82) is 0 Å². The normalized spacial score (nSPS) is 8.29. The Labute approximate surface area is 65.8 Å². The molecular formula is H5NaO4P2. The fourth-order valence-corrected chi connectivity index (χ4v) is 0. The first kappa shape index (κ1) is 15.8. The Morgan fingerprint density at radius 1 is 1.43 bits per heavy atom. The second-order valence-electron chi connectivity index (χ2n) is 0.202. The number of hydrogen-bond donors (Lipinski definition) is 1. The van der Waals surface area contributed by atoms with Gasteiger partial charge in [-0.25, -0.2) is 0 Å². The van der Waals surface area contributed by atoms with Crippen LogP contribution >= 0.6 is 17.4 Å². The minimum absolute atomic E-state index is 0. The topological polar surface area (TPSA) is 77.4 Å². The molecule has 0 heterocycles. The molecule has 0 aromatic carbocycles. The van der Waals surface area contributed by atoms with E-state index >= 15 is 0 Å². The van der Waals surface area contributed by atoms with E-state index in [2.05, 4.69) is 0 Å². The maximum Gasteiger partial charge on any atom is 1.00 e. The molecule has 0 saturated carbocycles. The van der Waals surface area contributed by atoms with Crippen LogP contribution in [0.3, 0.4) is 0 Å². The minimum Gasteiger partial charge on any atom is -0.804 e. The quantitative estimate of drug-likeness (QED) is 0.282. The number of hydrogen-bond acceptors (Lipinski definition) is 3. The molecule has 2 unspecified atom stereocenters. The molecule has 7 heavy (non-hydrogen) atoms. The predicted molar refractivity (Wildman–Crippen MR) is 23.0 cm³/mol. The van der Waals surface area contributed by atoms with E-state index in [0.717, 1.165) is 0 Å². The molecule has 0 saturated heterocycles. The van der Waals surface area contributed by atoms with Crippen molar-refractivity contribution in [3.8, 4) is 0 Å². The van der Waals surface area contributed by atoms with Crippen molar-refractivity contribution in [2.75, 3.05) is 0 Å². The molecule has 0 aromatic heterocycles. The Morgan fingerprint density at radius 3 is 1.43 bits per heavy atom. The van der Waals surface area contributed by atoms with Crippen LogP contribution in [0.15, 0.2) is 0 Å². The second kappa shape index (κ2) is 26.3. The summed E-state index contributed by atoms with van der Waals surface area (Å²) in [5.74, 6) is 0. The summed E-state index contributed by atoms with van der Waals surface area (Å²) in [5, 5.41) is 0. The van der Waals surface area contributed by atoms with Crippen LogP contribution in [0.2, 0.25) is 0 Å².